The Morgan fingerprint density at radius 1 is 1.00 bits per heavy atom. The fourth-order valence-electron chi connectivity index (χ4n) is 3.10. The number of alkyl halides is 2. The summed E-state index contributed by atoms with van der Waals surface area (Å²) in [6.07, 6.45) is -1.21. The summed E-state index contributed by atoms with van der Waals surface area (Å²) >= 11 is 0. The Balaban J connectivity index is 1.61. The number of carbonyl (C=O) groups is 2. The quantitative estimate of drug-likeness (QED) is 0.492. The van der Waals surface area contributed by atoms with E-state index >= 15 is 0 Å². The van der Waals surface area contributed by atoms with Crippen LogP contribution in [0.15, 0.2) is 42.7 Å². The smallest absolute Gasteiger partial charge is 0.496 e. The molecule has 0 bridgehead atoms. The van der Waals surface area contributed by atoms with E-state index in [2.05, 4.69) is 30.1 Å². The predicted octanol–water partition coefficient (Wildman–Crippen LogP) is 2.90. The number of methoxy groups -OCH3 is 2. The van der Waals surface area contributed by atoms with Crippen LogP contribution in [0.25, 0.3) is 0 Å². The summed E-state index contributed by atoms with van der Waals surface area (Å²) in [5, 5.41) is 5.09. The Hall–Kier alpha value is -4.68. The number of anilines is 3. The van der Waals surface area contributed by atoms with Crippen molar-refractivity contribution in [2.75, 3.05) is 30.6 Å². The first-order chi connectivity index (χ1) is 16.2. The van der Waals surface area contributed by atoms with Crippen LogP contribution in [0.5, 0.6) is 23.1 Å². The molecule has 1 aromatic carbocycles. The van der Waals surface area contributed by atoms with Crippen LogP contribution in [0.1, 0.15) is 20.7 Å². The molecule has 0 saturated carbocycles. The number of nitrogens with zero attached hydrogens (tertiary/aromatic N) is 2. The molecule has 0 spiro atoms. The summed E-state index contributed by atoms with van der Waals surface area (Å²) in [4.78, 5) is 33.8. The first kappa shape index (κ1) is 22.5. The number of hydrogen-bond acceptors (Lipinski definition) is 9. The summed E-state index contributed by atoms with van der Waals surface area (Å²) in [5.74, 6) is -1.64. The molecule has 4 rings (SSSR count). The lowest BCUT2D eigenvalue weighted by Gasteiger charge is -2.14. The maximum absolute atomic E-state index is 13.3. The molecule has 0 unspecified atom stereocenters. The zero-order valence-corrected chi connectivity index (χ0v) is 17.7. The normalized spacial score (nSPS) is 13.2. The van der Waals surface area contributed by atoms with Gasteiger partial charge in [-0.2, -0.15) is 0 Å². The van der Waals surface area contributed by atoms with Crippen molar-refractivity contribution in [3.05, 3.63) is 53.9 Å². The van der Waals surface area contributed by atoms with Crippen molar-refractivity contribution in [2.45, 2.75) is 6.29 Å². The highest BCUT2D eigenvalue weighted by atomic mass is 19.3. The lowest BCUT2D eigenvalue weighted by Crippen LogP contribution is -2.25. The van der Waals surface area contributed by atoms with Gasteiger partial charge in [-0.25, -0.2) is 9.97 Å². The maximum atomic E-state index is 13.3. The molecule has 2 aromatic heterocycles. The number of nitrogens with two attached hydrogens (primary N) is 1. The molecule has 1 aliphatic heterocycles. The van der Waals surface area contributed by atoms with Crippen LogP contribution in [0.4, 0.5) is 26.0 Å². The standard InChI is InChI=1S/C21H17F2N5O6/c1-31-14-5-6-25-18(24)17(14)20(30)28-12-9-26-16(32-2)8-11(12)19(29)27-10-3-4-13-15(7-10)34-21(22,23)33-13/h3-9H,1-2H3,(H2,24,25)(H,27,29)(H,28,30). The van der Waals surface area contributed by atoms with E-state index in [1.54, 1.807) is 0 Å². The third-order valence-corrected chi connectivity index (χ3v) is 4.63. The van der Waals surface area contributed by atoms with Gasteiger partial charge in [0, 0.05) is 24.0 Å². The number of fused-ring (bicyclic) bond motifs is 1. The minimum Gasteiger partial charge on any atom is -0.496 e. The summed E-state index contributed by atoms with van der Waals surface area (Å²) < 4.78 is 45.5. The van der Waals surface area contributed by atoms with Crippen LogP contribution < -0.4 is 35.3 Å². The zero-order valence-electron chi connectivity index (χ0n) is 17.7. The summed E-state index contributed by atoms with van der Waals surface area (Å²) in [7, 11) is 2.71. The van der Waals surface area contributed by atoms with Crippen molar-refractivity contribution in [3.8, 4) is 23.1 Å². The predicted molar refractivity (Wildman–Crippen MR) is 115 cm³/mol. The van der Waals surface area contributed by atoms with Gasteiger partial charge in [-0.3, -0.25) is 9.59 Å². The van der Waals surface area contributed by atoms with Gasteiger partial charge in [-0.1, -0.05) is 0 Å². The highest BCUT2D eigenvalue weighted by Gasteiger charge is 2.43. The molecule has 0 saturated heterocycles. The van der Waals surface area contributed by atoms with Gasteiger partial charge in [0.05, 0.1) is 31.7 Å². The first-order valence-corrected chi connectivity index (χ1v) is 9.56. The van der Waals surface area contributed by atoms with Crippen LogP contribution in [-0.2, 0) is 0 Å². The Morgan fingerprint density at radius 2 is 1.76 bits per heavy atom. The van der Waals surface area contributed by atoms with E-state index in [0.29, 0.717) is 0 Å². The third-order valence-electron chi connectivity index (χ3n) is 4.63. The molecule has 0 radical (unpaired) electrons. The van der Waals surface area contributed by atoms with Crippen LogP contribution in [0.2, 0.25) is 0 Å². The summed E-state index contributed by atoms with van der Waals surface area (Å²) in [6, 6.07) is 6.48. The number of amides is 2. The van der Waals surface area contributed by atoms with Crippen LogP contribution in [0.3, 0.4) is 0 Å². The van der Waals surface area contributed by atoms with E-state index in [1.165, 1.54) is 56.9 Å². The molecule has 176 valence electrons. The fraction of sp³-hybridized carbons (Fsp3) is 0.143. The van der Waals surface area contributed by atoms with E-state index < -0.39 is 18.1 Å². The number of nitrogens with one attached hydrogen (secondary N) is 2. The second-order valence-corrected chi connectivity index (χ2v) is 6.78. The number of nitrogen functional groups attached to an aromatic ring is 1. The van der Waals surface area contributed by atoms with E-state index in [4.69, 9.17) is 15.2 Å². The van der Waals surface area contributed by atoms with Gasteiger partial charge in [0.15, 0.2) is 11.5 Å². The lowest BCUT2D eigenvalue weighted by atomic mass is 10.1. The Morgan fingerprint density at radius 3 is 2.50 bits per heavy atom. The summed E-state index contributed by atoms with van der Waals surface area (Å²) in [5.41, 5.74) is 5.89. The summed E-state index contributed by atoms with van der Waals surface area (Å²) in [6.45, 7) is 0. The van der Waals surface area contributed by atoms with E-state index in [1.807, 2.05) is 0 Å². The molecular weight excluding hydrogens is 456 g/mol. The number of halogens is 2. The highest BCUT2D eigenvalue weighted by Crippen LogP contribution is 2.42. The number of aromatic nitrogens is 2. The molecule has 34 heavy (non-hydrogen) atoms. The van der Waals surface area contributed by atoms with E-state index in [9.17, 15) is 18.4 Å². The Labute approximate surface area is 190 Å². The van der Waals surface area contributed by atoms with Crippen molar-refractivity contribution in [1.29, 1.82) is 0 Å². The monoisotopic (exact) mass is 473 g/mol. The van der Waals surface area contributed by atoms with Crippen LogP contribution in [-0.4, -0.2) is 42.3 Å². The average molecular weight is 473 g/mol. The molecule has 1 aliphatic rings. The minimum atomic E-state index is -3.80. The number of carbonyl (C=O) groups excluding carboxylic acids is 2. The molecule has 0 atom stereocenters. The van der Waals surface area contributed by atoms with Gasteiger partial charge in [-0.15, -0.1) is 8.78 Å². The van der Waals surface area contributed by atoms with Gasteiger partial charge < -0.3 is 35.3 Å². The second-order valence-electron chi connectivity index (χ2n) is 6.78. The van der Waals surface area contributed by atoms with Gasteiger partial charge in [0.1, 0.15) is 17.1 Å². The molecule has 11 nitrogen and oxygen atoms in total. The molecular formula is C21H17F2N5O6. The van der Waals surface area contributed by atoms with Crippen LogP contribution in [0, 0.1) is 0 Å². The highest BCUT2D eigenvalue weighted by molar-refractivity contribution is 6.14. The van der Waals surface area contributed by atoms with Crippen molar-refractivity contribution in [2.24, 2.45) is 0 Å². The van der Waals surface area contributed by atoms with Crippen molar-refractivity contribution < 1.29 is 37.3 Å². The number of rotatable bonds is 6. The maximum Gasteiger partial charge on any atom is 0.586 e. The molecule has 4 N–H and O–H groups in total. The lowest BCUT2D eigenvalue weighted by molar-refractivity contribution is -0.286. The second kappa shape index (κ2) is 8.69. The molecule has 0 fully saturated rings. The van der Waals surface area contributed by atoms with Crippen molar-refractivity contribution in [1.82, 2.24) is 9.97 Å². The average Bonchev–Trinajstić information content (AvgIpc) is 3.11. The topological polar surface area (TPSA) is 147 Å². The number of ether oxygens (including phenoxy) is 4. The SMILES string of the molecule is COc1cc(C(=O)Nc2ccc3c(c2)OC(F)(F)O3)c(NC(=O)c2c(OC)ccnc2N)cn1. The van der Waals surface area contributed by atoms with E-state index in [0.717, 1.165) is 0 Å². The molecule has 0 aliphatic carbocycles. The largest absolute Gasteiger partial charge is 0.586 e. The zero-order chi connectivity index (χ0) is 24.5. The van der Waals surface area contributed by atoms with E-state index in [-0.39, 0.29) is 51.4 Å². The number of pyridine rings is 2. The van der Waals surface area contributed by atoms with Crippen LogP contribution >= 0.6 is 0 Å². The number of hydrogen-bond donors (Lipinski definition) is 3. The molecule has 3 heterocycles. The van der Waals surface area contributed by atoms with Gasteiger partial charge >= 0.3 is 6.29 Å². The van der Waals surface area contributed by atoms with Crippen molar-refractivity contribution in [3.63, 3.8) is 0 Å². The molecule has 13 heteroatoms. The van der Waals surface area contributed by atoms with Gasteiger partial charge in [0.2, 0.25) is 5.88 Å². The van der Waals surface area contributed by atoms with Gasteiger partial charge in [0.25, 0.3) is 11.8 Å². The first-order valence-electron chi connectivity index (χ1n) is 9.56. The minimum absolute atomic E-state index is 0.0147. The fourth-order valence-corrected chi connectivity index (χ4v) is 3.10. The molecule has 3 aromatic rings. The van der Waals surface area contributed by atoms with Crippen molar-refractivity contribution >= 4 is 29.0 Å². The Kier molecular flexibility index (Phi) is 5.75. The third kappa shape index (κ3) is 4.44. The van der Waals surface area contributed by atoms with Gasteiger partial charge in [-0.05, 0) is 18.2 Å². The Bertz CT molecular complexity index is 1290. The molecule has 2 amide bonds. The number of benzene rings is 1.